The van der Waals surface area contributed by atoms with Gasteiger partial charge in [0.1, 0.15) is 37.1 Å². The van der Waals surface area contributed by atoms with E-state index in [9.17, 15) is 19.5 Å². The molecule has 0 bridgehead atoms. The molecule has 0 spiro atoms. The van der Waals surface area contributed by atoms with E-state index in [0.717, 1.165) is 0 Å². The second-order valence-corrected chi connectivity index (χ2v) is 8.53. The van der Waals surface area contributed by atoms with Crippen LogP contribution in [-0.4, -0.2) is 72.3 Å². The summed E-state index contributed by atoms with van der Waals surface area (Å²) < 4.78 is 27.7. The summed E-state index contributed by atoms with van der Waals surface area (Å²) in [6.07, 6.45) is 1.28. The van der Waals surface area contributed by atoms with Gasteiger partial charge in [-0.15, -0.1) is 0 Å². The third-order valence-electron chi connectivity index (χ3n) is 6.22. The minimum absolute atomic E-state index is 0.0484. The zero-order chi connectivity index (χ0) is 22.5. The first kappa shape index (κ1) is 21.7. The van der Waals surface area contributed by atoms with Crippen LogP contribution in [0.4, 0.5) is 0 Å². The largest absolute Gasteiger partial charge is 0.462 e. The molecule has 3 saturated heterocycles. The molecule has 1 aliphatic carbocycles. The van der Waals surface area contributed by atoms with Gasteiger partial charge in [0.2, 0.25) is 0 Å². The number of hydrogen-bond acceptors (Lipinski definition) is 9. The minimum atomic E-state index is -0.755. The Balaban J connectivity index is 1.60. The van der Waals surface area contributed by atoms with Crippen molar-refractivity contribution in [3.8, 4) is 0 Å². The van der Waals surface area contributed by atoms with E-state index >= 15 is 0 Å². The number of fused-ring (bicyclic) bond motifs is 4. The Bertz CT molecular complexity index is 887. The first-order valence-corrected chi connectivity index (χ1v) is 10.2. The highest BCUT2D eigenvalue weighted by molar-refractivity contribution is 5.92. The smallest absolute Gasteiger partial charge is 0.334 e. The first-order valence-electron chi connectivity index (χ1n) is 10.2. The summed E-state index contributed by atoms with van der Waals surface area (Å²) in [5, 5.41) is 9.81. The topological polar surface area (TPSA) is 124 Å². The summed E-state index contributed by atoms with van der Waals surface area (Å²) in [4.78, 5) is 35.9. The number of aliphatic hydroxyl groups is 1. The van der Waals surface area contributed by atoms with Crippen LogP contribution in [-0.2, 0) is 38.1 Å². The van der Waals surface area contributed by atoms with Crippen molar-refractivity contribution in [3.63, 3.8) is 0 Å². The molecule has 7 atom stereocenters. The third-order valence-corrected chi connectivity index (χ3v) is 6.22. The zero-order valence-electron chi connectivity index (χ0n) is 17.7. The van der Waals surface area contributed by atoms with E-state index in [2.05, 4.69) is 6.58 Å². The second kappa shape index (κ2) is 7.89. The molecular formula is C22H26O9. The Kier molecular flexibility index (Phi) is 5.53. The lowest BCUT2D eigenvalue weighted by molar-refractivity contribution is -0.148. The van der Waals surface area contributed by atoms with Gasteiger partial charge in [0.05, 0.1) is 18.1 Å². The van der Waals surface area contributed by atoms with Crippen LogP contribution in [0.15, 0.2) is 35.5 Å². The highest BCUT2D eigenvalue weighted by Gasteiger charge is 2.67. The number of ether oxygens (including phenoxy) is 5. The van der Waals surface area contributed by atoms with Crippen molar-refractivity contribution in [1.82, 2.24) is 0 Å². The van der Waals surface area contributed by atoms with Gasteiger partial charge in [-0.1, -0.05) is 6.58 Å². The summed E-state index contributed by atoms with van der Waals surface area (Å²) in [5.74, 6) is -2.26. The molecule has 0 aromatic heterocycles. The summed E-state index contributed by atoms with van der Waals surface area (Å²) in [5.41, 5.74) is 0.465. The fraction of sp³-hybridized carbons (Fsp3) is 0.591. The van der Waals surface area contributed by atoms with Gasteiger partial charge >= 0.3 is 17.9 Å². The molecule has 7 unspecified atom stereocenters. The van der Waals surface area contributed by atoms with E-state index in [1.807, 2.05) is 6.92 Å². The Morgan fingerprint density at radius 2 is 2.13 bits per heavy atom. The molecule has 3 fully saturated rings. The number of carbonyl (C=O) groups is 3. The quantitative estimate of drug-likeness (QED) is 0.219. The fourth-order valence-corrected chi connectivity index (χ4v) is 4.36. The number of carbonyl (C=O) groups excluding carboxylic acids is 3. The predicted octanol–water partition coefficient (Wildman–Crippen LogP) is 0.753. The maximum atomic E-state index is 12.7. The molecule has 0 aromatic rings. The standard InChI is InChI=1S/C22H26O9/c1-10(5-6-27-12(3)24)20(25)29-15-8-22(4)19(31-22)18-17(30-18)13(9-23)7-14-16(15)11(2)21(26)28-14/h5,7,14-19,23H,2,6,8-9H2,1,3-4H3/b10-5-,13-7-. The molecule has 0 aromatic carbocycles. The monoisotopic (exact) mass is 434 g/mol. The molecule has 0 saturated carbocycles. The van der Waals surface area contributed by atoms with Crippen molar-refractivity contribution in [3.05, 3.63) is 35.5 Å². The average Bonchev–Trinajstić information content (AvgIpc) is 3.58. The van der Waals surface area contributed by atoms with Crippen LogP contribution < -0.4 is 0 Å². The van der Waals surface area contributed by atoms with Crippen molar-refractivity contribution < 1.29 is 43.2 Å². The van der Waals surface area contributed by atoms with E-state index < -0.39 is 41.6 Å². The van der Waals surface area contributed by atoms with E-state index in [1.165, 1.54) is 13.0 Å². The zero-order valence-corrected chi connectivity index (χ0v) is 17.7. The molecule has 3 heterocycles. The Morgan fingerprint density at radius 3 is 2.81 bits per heavy atom. The van der Waals surface area contributed by atoms with Gasteiger partial charge in [-0.25, -0.2) is 9.59 Å². The lowest BCUT2D eigenvalue weighted by Crippen LogP contribution is -2.38. The van der Waals surface area contributed by atoms with Gasteiger partial charge in [-0.05, 0) is 31.6 Å². The van der Waals surface area contributed by atoms with Gasteiger partial charge in [0, 0.05) is 24.5 Å². The SMILES string of the molecule is C=C1C(=O)OC2/C=C(/CO)C3OC3C3OC3(C)CC(OC(=O)/C(C)=C\COC(C)=O)C12. The molecule has 0 amide bonds. The van der Waals surface area contributed by atoms with E-state index in [-0.39, 0.29) is 42.7 Å². The first-order chi connectivity index (χ1) is 14.6. The van der Waals surface area contributed by atoms with Crippen molar-refractivity contribution >= 4 is 17.9 Å². The maximum absolute atomic E-state index is 12.7. The predicted molar refractivity (Wildman–Crippen MR) is 105 cm³/mol. The molecule has 4 aliphatic rings. The van der Waals surface area contributed by atoms with Crippen LogP contribution in [0, 0.1) is 5.92 Å². The lowest BCUT2D eigenvalue weighted by Gasteiger charge is -2.28. The molecule has 31 heavy (non-hydrogen) atoms. The Hall–Kier alpha value is -2.49. The van der Waals surface area contributed by atoms with Crippen LogP contribution >= 0.6 is 0 Å². The van der Waals surface area contributed by atoms with Crippen LogP contribution in [0.25, 0.3) is 0 Å². The summed E-state index contributed by atoms with van der Waals surface area (Å²) in [7, 11) is 0. The van der Waals surface area contributed by atoms with Crippen LogP contribution in [0.2, 0.25) is 0 Å². The molecule has 3 aliphatic heterocycles. The Morgan fingerprint density at radius 1 is 1.39 bits per heavy atom. The van der Waals surface area contributed by atoms with Crippen molar-refractivity contribution in [2.75, 3.05) is 13.2 Å². The molecular weight excluding hydrogens is 408 g/mol. The number of aliphatic hydroxyl groups excluding tert-OH is 1. The van der Waals surface area contributed by atoms with Crippen LogP contribution in [0.5, 0.6) is 0 Å². The third kappa shape index (κ3) is 4.17. The number of esters is 3. The molecule has 9 nitrogen and oxygen atoms in total. The van der Waals surface area contributed by atoms with Crippen molar-refractivity contribution in [1.29, 1.82) is 0 Å². The summed E-state index contributed by atoms with van der Waals surface area (Å²) in [6.45, 7) is 8.29. The van der Waals surface area contributed by atoms with E-state index in [1.54, 1.807) is 13.0 Å². The van der Waals surface area contributed by atoms with E-state index in [4.69, 9.17) is 23.7 Å². The van der Waals surface area contributed by atoms with Crippen LogP contribution in [0.3, 0.4) is 0 Å². The summed E-state index contributed by atoms with van der Waals surface area (Å²) >= 11 is 0. The van der Waals surface area contributed by atoms with Gasteiger partial charge in [-0.3, -0.25) is 4.79 Å². The van der Waals surface area contributed by atoms with Gasteiger partial charge in [0.15, 0.2) is 0 Å². The number of epoxide rings is 2. The van der Waals surface area contributed by atoms with Gasteiger partial charge in [0.25, 0.3) is 0 Å². The number of hydrogen-bond donors (Lipinski definition) is 1. The average molecular weight is 434 g/mol. The van der Waals surface area contributed by atoms with Crippen molar-refractivity contribution in [2.24, 2.45) is 5.92 Å². The second-order valence-electron chi connectivity index (χ2n) is 8.53. The lowest BCUT2D eigenvalue weighted by atomic mass is 9.82. The summed E-state index contributed by atoms with van der Waals surface area (Å²) in [6, 6.07) is 0. The fourth-order valence-electron chi connectivity index (χ4n) is 4.36. The van der Waals surface area contributed by atoms with E-state index in [0.29, 0.717) is 12.0 Å². The minimum Gasteiger partial charge on any atom is -0.462 e. The maximum Gasteiger partial charge on any atom is 0.334 e. The molecule has 4 rings (SSSR count). The molecule has 168 valence electrons. The van der Waals surface area contributed by atoms with Gasteiger partial charge < -0.3 is 28.8 Å². The Labute approximate surface area is 179 Å². The molecule has 9 heteroatoms. The molecule has 1 N–H and O–H groups in total. The molecule has 0 radical (unpaired) electrons. The highest BCUT2D eigenvalue weighted by atomic mass is 16.7. The van der Waals surface area contributed by atoms with Gasteiger partial charge in [-0.2, -0.15) is 0 Å². The highest BCUT2D eigenvalue weighted by Crippen LogP contribution is 2.53. The van der Waals surface area contributed by atoms with Crippen molar-refractivity contribution in [2.45, 2.75) is 63.3 Å². The normalized spacial score (nSPS) is 40.4. The van der Waals surface area contributed by atoms with Crippen LogP contribution in [0.1, 0.15) is 27.2 Å². The number of rotatable bonds is 5.